The molecular weight excluding hydrogens is 322 g/mol. The maximum absolute atomic E-state index is 5.51. The molecule has 24 heavy (non-hydrogen) atoms. The molecule has 7 heteroatoms. The van der Waals surface area contributed by atoms with Crippen molar-refractivity contribution in [1.82, 2.24) is 24.7 Å². The zero-order valence-corrected chi connectivity index (χ0v) is 13.9. The Labute approximate surface area is 144 Å². The lowest BCUT2D eigenvalue weighted by atomic mass is 10.1. The molecule has 0 saturated carbocycles. The number of allylic oxidation sites excluding steroid dienone is 1. The lowest BCUT2D eigenvalue weighted by molar-refractivity contribution is 0.485. The summed E-state index contributed by atoms with van der Waals surface area (Å²) in [6.45, 7) is 0.574. The van der Waals surface area contributed by atoms with E-state index in [-0.39, 0.29) is 0 Å². The van der Waals surface area contributed by atoms with E-state index in [0.29, 0.717) is 23.3 Å². The van der Waals surface area contributed by atoms with Crippen LogP contribution in [0.2, 0.25) is 0 Å². The molecule has 0 N–H and O–H groups in total. The molecule has 3 heterocycles. The second kappa shape index (κ2) is 7.00. The molecule has 0 aromatic carbocycles. The molecule has 4 rings (SSSR count). The Morgan fingerprint density at radius 3 is 3.04 bits per heavy atom. The molecule has 3 aromatic heterocycles. The summed E-state index contributed by atoms with van der Waals surface area (Å²) in [6.07, 6.45) is 14.8. The molecule has 1 aliphatic carbocycles. The smallest absolute Gasteiger partial charge is 0.192 e. The van der Waals surface area contributed by atoms with Gasteiger partial charge in [0.05, 0.1) is 19.0 Å². The highest BCUT2D eigenvalue weighted by Crippen LogP contribution is 2.31. The largest absolute Gasteiger partial charge is 0.467 e. The zero-order valence-electron chi connectivity index (χ0n) is 13.1. The minimum absolute atomic E-state index is 0.438. The minimum atomic E-state index is 0.438. The summed E-state index contributed by atoms with van der Waals surface area (Å²) in [7, 11) is 0. The molecule has 3 aromatic rings. The molecule has 0 aliphatic heterocycles. The predicted octanol–water partition coefficient (Wildman–Crippen LogP) is 3.58. The van der Waals surface area contributed by atoms with Crippen molar-refractivity contribution in [3.63, 3.8) is 0 Å². The lowest BCUT2D eigenvalue weighted by Gasteiger charge is -2.16. The van der Waals surface area contributed by atoms with E-state index in [2.05, 4.69) is 36.9 Å². The van der Waals surface area contributed by atoms with Gasteiger partial charge in [-0.15, -0.1) is 10.2 Å². The summed E-state index contributed by atoms with van der Waals surface area (Å²) in [4.78, 5) is 8.50. The Bertz CT molecular complexity index is 813. The fraction of sp³-hybridized carbons (Fsp3) is 0.294. The van der Waals surface area contributed by atoms with Crippen molar-refractivity contribution < 1.29 is 4.42 Å². The maximum atomic E-state index is 5.51. The quantitative estimate of drug-likeness (QED) is 0.662. The van der Waals surface area contributed by atoms with Crippen molar-refractivity contribution >= 4 is 11.8 Å². The summed E-state index contributed by atoms with van der Waals surface area (Å²) >= 11 is 1.74. The summed E-state index contributed by atoms with van der Waals surface area (Å²) in [5, 5.41) is 10.1. The number of rotatable bonds is 5. The minimum Gasteiger partial charge on any atom is -0.467 e. The molecule has 1 unspecified atom stereocenters. The predicted molar refractivity (Wildman–Crippen MR) is 91.5 cm³/mol. The van der Waals surface area contributed by atoms with Gasteiger partial charge in [0.15, 0.2) is 11.0 Å². The SMILES string of the molecule is C1=CC(Sc2nnc(-c3cnccn3)n2Cc2ccco2)CCC1. The first-order chi connectivity index (χ1) is 11.9. The number of aromatic nitrogens is 5. The molecule has 0 spiro atoms. The van der Waals surface area contributed by atoms with Crippen LogP contribution in [0.15, 0.2) is 58.7 Å². The third-order valence-corrected chi connectivity index (χ3v) is 5.08. The number of nitrogens with zero attached hydrogens (tertiary/aromatic N) is 5. The molecule has 1 aliphatic rings. The summed E-state index contributed by atoms with van der Waals surface area (Å²) < 4.78 is 7.56. The fourth-order valence-electron chi connectivity index (χ4n) is 2.70. The standard InChI is InChI=1S/C17H17N5OS/c1-2-6-14(7-3-1)24-17-21-20-16(15-11-18-8-9-19-15)22(17)12-13-5-4-10-23-13/h2,4-6,8-11,14H,1,3,7,12H2. The highest BCUT2D eigenvalue weighted by atomic mass is 32.2. The van der Waals surface area contributed by atoms with Gasteiger partial charge in [-0.2, -0.15) is 0 Å². The van der Waals surface area contributed by atoms with Crippen molar-refractivity contribution in [3.8, 4) is 11.5 Å². The van der Waals surface area contributed by atoms with Gasteiger partial charge in [-0.3, -0.25) is 9.55 Å². The van der Waals surface area contributed by atoms with Gasteiger partial charge in [-0.05, 0) is 31.4 Å². The van der Waals surface area contributed by atoms with Crippen LogP contribution in [0, 0.1) is 0 Å². The third kappa shape index (κ3) is 3.26. The highest BCUT2D eigenvalue weighted by Gasteiger charge is 2.20. The molecule has 6 nitrogen and oxygen atoms in total. The van der Waals surface area contributed by atoms with Crippen molar-refractivity contribution in [1.29, 1.82) is 0 Å². The molecular formula is C17H17N5OS. The van der Waals surface area contributed by atoms with E-state index in [1.165, 1.54) is 12.8 Å². The van der Waals surface area contributed by atoms with E-state index in [1.54, 1.807) is 36.6 Å². The first-order valence-electron chi connectivity index (χ1n) is 7.95. The zero-order chi connectivity index (χ0) is 16.2. The first-order valence-corrected chi connectivity index (χ1v) is 8.83. The topological polar surface area (TPSA) is 69.6 Å². The number of thioether (sulfide) groups is 1. The Balaban J connectivity index is 1.69. The van der Waals surface area contributed by atoms with Gasteiger partial charge in [0.1, 0.15) is 11.5 Å². The van der Waals surface area contributed by atoms with E-state index >= 15 is 0 Å². The van der Waals surface area contributed by atoms with Crippen LogP contribution >= 0.6 is 11.8 Å². The highest BCUT2D eigenvalue weighted by molar-refractivity contribution is 7.99. The lowest BCUT2D eigenvalue weighted by Crippen LogP contribution is -2.08. The van der Waals surface area contributed by atoms with E-state index < -0.39 is 0 Å². The van der Waals surface area contributed by atoms with E-state index in [0.717, 1.165) is 17.3 Å². The van der Waals surface area contributed by atoms with Crippen LogP contribution in [0.1, 0.15) is 25.0 Å². The van der Waals surface area contributed by atoms with Crippen LogP contribution in [-0.4, -0.2) is 30.0 Å². The maximum Gasteiger partial charge on any atom is 0.192 e. The summed E-state index contributed by atoms with van der Waals surface area (Å²) in [5.74, 6) is 1.57. The van der Waals surface area contributed by atoms with Gasteiger partial charge in [0, 0.05) is 17.6 Å². The Hall–Kier alpha value is -2.41. The van der Waals surface area contributed by atoms with Crippen molar-refractivity contribution in [3.05, 3.63) is 54.9 Å². The van der Waals surface area contributed by atoms with Crippen LogP contribution < -0.4 is 0 Å². The van der Waals surface area contributed by atoms with Crippen LogP contribution in [-0.2, 0) is 6.54 Å². The number of furan rings is 1. The summed E-state index contributed by atoms with van der Waals surface area (Å²) in [6, 6.07) is 3.84. The number of hydrogen-bond donors (Lipinski definition) is 0. The van der Waals surface area contributed by atoms with Crippen LogP contribution in [0.3, 0.4) is 0 Å². The summed E-state index contributed by atoms with van der Waals surface area (Å²) in [5.41, 5.74) is 0.711. The Kier molecular flexibility index (Phi) is 4.42. The molecule has 0 amide bonds. The third-order valence-electron chi connectivity index (χ3n) is 3.87. The second-order valence-corrected chi connectivity index (χ2v) is 6.78. The van der Waals surface area contributed by atoms with Gasteiger partial charge in [0.2, 0.25) is 0 Å². The first kappa shape index (κ1) is 15.1. The van der Waals surface area contributed by atoms with Gasteiger partial charge in [0.25, 0.3) is 0 Å². The van der Waals surface area contributed by atoms with Gasteiger partial charge >= 0.3 is 0 Å². The van der Waals surface area contributed by atoms with Gasteiger partial charge < -0.3 is 4.42 Å². The van der Waals surface area contributed by atoms with Crippen molar-refractivity contribution in [2.24, 2.45) is 0 Å². The Morgan fingerprint density at radius 1 is 1.29 bits per heavy atom. The van der Waals surface area contributed by atoms with Crippen LogP contribution in [0.4, 0.5) is 0 Å². The normalized spacial score (nSPS) is 17.2. The van der Waals surface area contributed by atoms with Gasteiger partial charge in [-0.25, -0.2) is 4.98 Å². The average Bonchev–Trinajstić information content (AvgIpc) is 3.28. The van der Waals surface area contributed by atoms with Crippen molar-refractivity contribution in [2.45, 2.75) is 36.2 Å². The molecule has 122 valence electrons. The average molecular weight is 339 g/mol. The molecule has 0 bridgehead atoms. The van der Waals surface area contributed by atoms with E-state index in [4.69, 9.17) is 4.42 Å². The van der Waals surface area contributed by atoms with Crippen LogP contribution in [0.5, 0.6) is 0 Å². The molecule has 0 radical (unpaired) electrons. The Morgan fingerprint density at radius 2 is 2.29 bits per heavy atom. The monoisotopic (exact) mass is 339 g/mol. The molecule has 0 saturated heterocycles. The van der Waals surface area contributed by atoms with Crippen LogP contribution in [0.25, 0.3) is 11.5 Å². The second-order valence-electron chi connectivity index (χ2n) is 5.58. The number of hydrogen-bond acceptors (Lipinski definition) is 6. The van der Waals surface area contributed by atoms with E-state index in [1.807, 2.05) is 12.1 Å². The van der Waals surface area contributed by atoms with Gasteiger partial charge in [-0.1, -0.05) is 23.9 Å². The van der Waals surface area contributed by atoms with Crippen molar-refractivity contribution in [2.75, 3.05) is 0 Å². The fourth-order valence-corrected chi connectivity index (χ4v) is 3.81. The molecule has 1 atom stereocenters. The van der Waals surface area contributed by atoms with E-state index in [9.17, 15) is 0 Å². The molecule has 0 fully saturated rings.